The molecule has 4 aliphatic rings. The molecule has 0 bridgehead atoms. The maximum absolute atomic E-state index is 11.9. The molecule has 0 aliphatic heterocycles. The Bertz CT molecular complexity index is 774. The molecule has 4 nitrogen and oxygen atoms in total. The quantitative estimate of drug-likeness (QED) is 0.354. The molecule has 0 aromatic carbocycles. The molecule has 3 saturated carbocycles. The summed E-state index contributed by atoms with van der Waals surface area (Å²) in [6.07, 6.45) is 19.3. The summed E-state index contributed by atoms with van der Waals surface area (Å²) >= 11 is 0. The number of hydrogen-bond donors (Lipinski definition) is 1. The van der Waals surface area contributed by atoms with Gasteiger partial charge in [-0.3, -0.25) is 0 Å². The first-order valence-electron chi connectivity index (χ1n) is 11.9. The van der Waals surface area contributed by atoms with Gasteiger partial charge in [0.15, 0.2) is 0 Å². The monoisotopic (exact) mass is 412 g/mol. The van der Waals surface area contributed by atoms with Crippen LogP contribution in [-0.4, -0.2) is 23.5 Å². The van der Waals surface area contributed by atoms with E-state index in [1.807, 2.05) is 0 Å². The van der Waals surface area contributed by atoms with Crippen LogP contribution in [0.2, 0.25) is 0 Å². The molecule has 164 valence electrons. The number of carbonyl (C=O) groups excluding carboxylic acids is 1. The van der Waals surface area contributed by atoms with E-state index in [9.17, 15) is 9.90 Å². The van der Waals surface area contributed by atoms with Crippen molar-refractivity contribution in [2.24, 2.45) is 29.1 Å². The van der Waals surface area contributed by atoms with Gasteiger partial charge in [0, 0.05) is 5.41 Å². The summed E-state index contributed by atoms with van der Waals surface area (Å²) in [7, 11) is 0. The maximum atomic E-state index is 11.9. The van der Waals surface area contributed by atoms with E-state index in [1.54, 1.807) is 0 Å². The van der Waals surface area contributed by atoms with Crippen LogP contribution in [-0.2, 0) is 9.47 Å². The van der Waals surface area contributed by atoms with E-state index in [0.717, 1.165) is 64.2 Å². The zero-order valence-electron chi connectivity index (χ0n) is 18.5. The molecule has 0 unspecified atom stereocenters. The topological polar surface area (TPSA) is 55.8 Å². The van der Waals surface area contributed by atoms with E-state index in [2.05, 4.69) is 31.9 Å². The smallest absolute Gasteiger partial charge is 0.434 e. The summed E-state index contributed by atoms with van der Waals surface area (Å²) in [5.41, 5.74) is 0.383. The highest BCUT2D eigenvalue weighted by Gasteiger charge is 2.63. The molecule has 4 aliphatic carbocycles. The average Bonchev–Trinajstić information content (AvgIpc) is 3.07. The van der Waals surface area contributed by atoms with Crippen LogP contribution >= 0.6 is 0 Å². The lowest BCUT2D eigenvalue weighted by atomic mass is 9.49. The highest BCUT2D eigenvalue weighted by atomic mass is 16.7. The van der Waals surface area contributed by atoms with Gasteiger partial charge in [-0.1, -0.05) is 31.8 Å². The molecule has 3 fully saturated rings. The molecule has 0 spiro atoms. The van der Waals surface area contributed by atoms with Crippen molar-refractivity contribution in [3.63, 3.8) is 0 Å². The average molecular weight is 413 g/mol. The minimum absolute atomic E-state index is 0.106. The Morgan fingerprint density at radius 3 is 2.83 bits per heavy atom. The number of allylic oxidation sites excluding steroid dienone is 3. The Morgan fingerprint density at radius 1 is 1.27 bits per heavy atom. The van der Waals surface area contributed by atoms with Gasteiger partial charge in [0.2, 0.25) is 0 Å². The normalized spacial score (nSPS) is 39.5. The molecule has 4 rings (SSSR count). The van der Waals surface area contributed by atoms with Crippen molar-refractivity contribution in [1.82, 2.24) is 0 Å². The van der Waals surface area contributed by atoms with E-state index in [4.69, 9.17) is 15.9 Å². The fourth-order valence-corrected chi connectivity index (χ4v) is 7.29. The summed E-state index contributed by atoms with van der Waals surface area (Å²) < 4.78 is 10.6. The summed E-state index contributed by atoms with van der Waals surface area (Å²) in [5, 5.41) is 11.2. The second kappa shape index (κ2) is 8.42. The zero-order valence-corrected chi connectivity index (χ0v) is 18.5. The summed E-state index contributed by atoms with van der Waals surface area (Å²) in [6.45, 7) is 4.69. The Labute approximate surface area is 181 Å². The molecule has 4 heteroatoms. The van der Waals surface area contributed by atoms with Gasteiger partial charge >= 0.3 is 6.16 Å². The Balaban J connectivity index is 1.45. The lowest BCUT2D eigenvalue weighted by Gasteiger charge is -2.55. The van der Waals surface area contributed by atoms with Gasteiger partial charge in [-0.15, -0.1) is 6.42 Å². The van der Waals surface area contributed by atoms with Crippen molar-refractivity contribution in [1.29, 1.82) is 0 Å². The fraction of sp³-hybridized carbons (Fsp3) is 0.731. The second-order valence-corrected chi connectivity index (χ2v) is 9.79. The van der Waals surface area contributed by atoms with Gasteiger partial charge in [-0.2, -0.15) is 0 Å². The predicted molar refractivity (Wildman–Crippen MR) is 116 cm³/mol. The molecular weight excluding hydrogens is 376 g/mol. The summed E-state index contributed by atoms with van der Waals surface area (Å²) in [6, 6.07) is 0. The van der Waals surface area contributed by atoms with Crippen molar-refractivity contribution in [2.75, 3.05) is 6.61 Å². The van der Waals surface area contributed by atoms with Gasteiger partial charge < -0.3 is 14.6 Å². The van der Waals surface area contributed by atoms with Crippen LogP contribution in [0.5, 0.6) is 0 Å². The van der Waals surface area contributed by atoms with Crippen molar-refractivity contribution >= 4 is 6.16 Å². The number of rotatable bonds is 5. The Hall–Kier alpha value is -1.73. The number of unbranched alkanes of at least 4 members (excludes halogenated alkanes) is 1. The van der Waals surface area contributed by atoms with E-state index >= 15 is 0 Å². The third-order valence-corrected chi connectivity index (χ3v) is 8.79. The lowest BCUT2D eigenvalue weighted by Crippen LogP contribution is -2.53. The maximum Gasteiger partial charge on any atom is 0.513 e. The number of carbonyl (C=O) groups is 1. The van der Waals surface area contributed by atoms with Crippen LogP contribution in [0.25, 0.3) is 0 Å². The minimum atomic E-state index is -0.931. The third kappa shape index (κ3) is 3.40. The van der Waals surface area contributed by atoms with Crippen molar-refractivity contribution in [3.05, 3.63) is 23.5 Å². The van der Waals surface area contributed by atoms with E-state index in [0.29, 0.717) is 36.0 Å². The van der Waals surface area contributed by atoms with Gasteiger partial charge in [-0.25, -0.2) is 4.79 Å². The Kier molecular flexibility index (Phi) is 6.04. The number of fused-ring (bicyclic) bond motifs is 5. The first-order valence-corrected chi connectivity index (χ1v) is 11.9. The molecule has 6 atom stereocenters. The standard InChI is InChI=1S/C26H36O4/c1-4-7-16-29-24(27)30-19-9-11-20-18(17-19)8-10-22-21(20)12-14-25(5-2)23(22)13-15-26(25,28)6-3/h3,9,17,20-23,28H,4-5,7-8,10-16H2,1-2H3/t20-,21+,22+,23-,25-,26-/m0/s1. The van der Waals surface area contributed by atoms with Crippen LogP contribution in [0.3, 0.4) is 0 Å². The van der Waals surface area contributed by atoms with Crippen molar-refractivity contribution in [3.8, 4) is 12.3 Å². The Morgan fingerprint density at radius 2 is 2.10 bits per heavy atom. The largest absolute Gasteiger partial charge is 0.513 e. The van der Waals surface area contributed by atoms with Gasteiger partial charge in [-0.05, 0) is 93.6 Å². The number of ether oxygens (including phenoxy) is 2. The first kappa shape index (κ1) is 21.5. The molecule has 0 amide bonds. The van der Waals surface area contributed by atoms with Crippen LogP contribution in [0.4, 0.5) is 4.79 Å². The SMILES string of the molecule is C#C[C@]1(O)CC[C@H]2[C@@H]3CCC4=CC(OC(=O)OCCCC)=CC[C@@H]4[C@H]3CC[C@@]21CC. The molecule has 0 heterocycles. The van der Waals surface area contributed by atoms with Gasteiger partial charge in [0.1, 0.15) is 11.4 Å². The van der Waals surface area contributed by atoms with E-state index in [-0.39, 0.29) is 5.41 Å². The molecular formula is C26H36O4. The minimum Gasteiger partial charge on any atom is -0.434 e. The van der Waals surface area contributed by atoms with Crippen LogP contribution in [0.1, 0.15) is 78.1 Å². The molecule has 1 N–H and O–H groups in total. The summed E-state index contributed by atoms with van der Waals surface area (Å²) in [4.78, 5) is 11.9. The third-order valence-electron chi connectivity index (χ3n) is 8.79. The fourth-order valence-electron chi connectivity index (χ4n) is 7.29. The first-order chi connectivity index (χ1) is 14.5. The molecule has 0 radical (unpaired) electrons. The summed E-state index contributed by atoms with van der Waals surface area (Å²) in [5.74, 6) is 5.78. The number of hydrogen-bond acceptors (Lipinski definition) is 4. The number of terminal acetylenes is 1. The van der Waals surface area contributed by atoms with E-state index in [1.165, 1.54) is 5.57 Å². The highest BCUT2D eigenvalue weighted by Crippen LogP contribution is 2.66. The van der Waals surface area contributed by atoms with Crippen LogP contribution in [0, 0.1) is 41.4 Å². The predicted octanol–water partition coefficient (Wildman–Crippen LogP) is 5.76. The number of aliphatic hydroxyl groups is 1. The molecule has 30 heavy (non-hydrogen) atoms. The molecule has 0 aromatic heterocycles. The van der Waals surface area contributed by atoms with Crippen molar-refractivity contribution < 1.29 is 19.4 Å². The van der Waals surface area contributed by atoms with Crippen LogP contribution in [0.15, 0.2) is 23.5 Å². The van der Waals surface area contributed by atoms with Crippen molar-refractivity contribution in [2.45, 2.75) is 83.7 Å². The van der Waals surface area contributed by atoms with Crippen LogP contribution < -0.4 is 0 Å². The second-order valence-electron chi connectivity index (χ2n) is 9.79. The molecule has 0 saturated heterocycles. The lowest BCUT2D eigenvalue weighted by molar-refractivity contribution is -0.0984. The van der Waals surface area contributed by atoms with Gasteiger partial charge in [0.25, 0.3) is 0 Å². The molecule has 0 aromatic rings. The highest BCUT2D eigenvalue weighted by molar-refractivity contribution is 5.62. The van der Waals surface area contributed by atoms with E-state index < -0.39 is 11.8 Å². The zero-order chi connectivity index (χ0) is 21.4. The van der Waals surface area contributed by atoms with Gasteiger partial charge in [0.05, 0.1) is 6.61 Å².